The third-order valence-electron chi connectivity index (χ3n) is 2.52. The van der Waals surface area contributed by atoms with E-state index in [0.717, 1.165) is 29.9 Å². The van der Waals surface area contributed by atoms with E-state index in [9.17, 15) is 4.39 Å². The van der Waals surface area contributed by atoms with Crippen molar-refractivity contribution in [2.24, 2.45) is 0 Å². The summed E-state index contributed by atoms with van der Waals surface area (Å²) in [6.45, 7) is 2.79. The molecule has 0 atom stereocenters. The van der Waals surface area contributed by atoms with Crippen LogP contribution in [0.15, 0.2) is 48.5 Å². The van der Waals surface area contributed by atoms with Crippen LogP contribution >= 0.6 is 0 Å². The predicted molar refractivity (Wildman–Crippen MR) is 74.6 cm³/mol. The number of hydrogen-bond acceptors (Lipinski definition) is 1. The Balaban J connectivity index is 2.05. The first-order valence-electron chi connectivity index (χ1n) is 6.28. The molecule has 2 rings (SSSR count). The van der Waals surface area contributed by atoms with Gasteiger partial charge in [-0.15, -0.1) is 0 Å². The maximum absolute atomic E-state index is 12.7. The Morgan fingerprint density at radius 2 is 1.42 bits per heavy atom. The second-order valence-electron chi connectivity index (χ2n) is 4.13. The molecule has 2 aromatic carbocycles. The molecule has 0 bridgehead atoms. The molecule has 0 aliphatic heterocycles. The molecule has 0 N–H and O–H groups in total. The van der Waals surface area contributed by atoms with Crippen LogP contribution < -0.4 is 4.74 Å². The lowest BCUT2D eigenvalue weighted by molar-refractivity contribution is 0.317. The third-order valence-corrected chi connectivity index (χ3v) is 2.52. The lowest BCUT2D eigenvalue weighted by Crippen LogP contribution is -1.94. The largest absolute Gasteiger partial charge is 0.494 e. The van der Waals surface area contributed by atoms with Gasteiger partial charge in [0.2, 0.25) is 0 Å². The SMILES string of the molecule is CCCOc1ccc(C#Cc2ccc(F)cc2)cc1. The molecule has 0 spiro atoms. The summed E-state index contributed by atoms with van der Waals surface area (Å²) in [5.41, 5.74) is 1.71. The fourth-order valence-corrected chi connectivity index (χ4v) is 1.53. The van der Waals surface area contributed by atoms with Crippen molar-refractivity contribution in [1.82, 2.24) is 0 Å². The molecule has 0 aliphatic carbocycles. The Hall–Kier alpha value is -2.27. The maximum atomic E-state index is 12.7. The standard InChI is InChI=1S/C17H15FO/c1-2-13-19-17-11-7-15(8-12-17)4-3-14-5-9-16(18)10-6-14/h5-12H,2,13H2,1H3. The van der Waals surface area contributed by atoms with Gasteiger partial charge in [0.1, 0.15) is 11.6 Å². The first-order valence-corrected chi connectivity index (χ1v) is 6.28. The van der Waals surface area contributed by atoms with Gasteiger partial charge in [-0.25, -0.2) is 4.39 Å². The van der Waals surface area contributed by atoms with Crippen molar-refractivity contribution < 1.29 is 9.13 Å². The van der Waals surface area contributed by atoms with E-state index in [2.05, 4.69) is 18.8 Å². The first-order chi connectivity index (χ1) is 9.28. The highest BCUT2D eigenvalue weighted by Crippen LogP contribution is 2.12. The van der Waals surface area contributed by atoms with Crippen molar-refractivity contribution in [2.45, 2.75) is 13.3 Å². The van der Waals surface area contributed by atoms with Crippen LogP contribution in [0.5, 0.6) is 5.75 Å². The second-order valence-corrected chi connectivity index (χ2v) is 4.13. The molecule has 0 aromatic heterocycles. The third kappa shape index (κ3) is 4.15. The molecule has 0 aliphatic rings. The molecule has 0 radical (unpaired) electrons. The van der Waals surface area contributed by atoms with E-state index >= 15 is 0 Å². The lowest BCUT2D eigenvalue weighted by atomic mass is 10.2. The number of rotatable bonds is 3. The molecule has 96 valence electrons. The van der Waals surface area contributed by atoms with Crippen LogP contribution in [-0.2, 0) is 0 Å². The molecule has 0 saturated heterocycles. The van der Waals surface area contributed by atoms with Crippen LogP contribution in [-0.4, -0.2) is 6.61 Å². The average molecular weight is 254 g/mol. The summed E-state index contributed by atoms with van der Waals surface area (Å²) in [4.78, 5) is 0. The molecule has 0 amide bonds. The van der Waals surface area contributed by atoms with Crippen molar-refractivity contribution >= 4 is 0 Å². The monoisotopic (exact) mass is 254 g/mol. The van der Waals surface area contributed by atoms with E-state index in [1.807, 2.05) is 24.3 Å². The highest BCUT2D eigenvalue weighted by atomic mass is 19.1. The molecule has 0 heterocycles. The highest BCUT2D eigenvalue weighted by molar-refractivity contribution is 5.44. The molecule has 1 nitrogen and oxygen atoms in total. The van der Waals surface area contributed by atoms with Gasteiger partial charge in [-0.2, -0.15) is 0 Å². The zero-order valence-electron chi connectivity index (χ0n) is 10.8. The minimum absolute atomic E-state index is 0.247. The van der Waals surface area contributed by atoms with E-state index in [4.69, 9.17) is 4.74 Å². The minimum Gasteiger partial charge on any atom is -0.494 e. The summed E-state index contributed by atoms with van der Waals surface area (Å²) in [5.74, 6) is 6.64. The van der Waals surface area contributed by atoms with E-state index in [0.29, 0.717) is 0 Å². The second kappa shape index (κ2) is 6.61. The van der Waals surface area contributed by atoms with Crippen molar-refractivity contribution in [2.75, 3.05) is 6.61 Å². The van der Waals surface area contributed by atoms with E-state index < -0.39 is 0 Å². The summed E-state index contributed by atoms with van der Waals surface area (Å²) in [5, 5.41) is 0. The summed E-state index contributed by atoms with van der Waals surface area (Å²) >= 11 is 0. The van der Waals surface area contributed by atoms with Gasteiger partial charge < -0.3 is 4.74 Å². The van der Waals surface area contributed by atoms with E-state index in [1.165, 1.54) is 12.1 Å². The Morgan fingerprint density at radius 3 is 1.95 bits per heavy atom. The van der Waals surface area contributed by atoms with Gasteiger partial charge in [0.25, 0.3) is 0 Å². The predicted octanol–water partition coefficient (Wildman–Crippen LogP) is 4.01. The van der Waals surface area contributed by atoms with Crippen LogP contribution in [0.25, 0.3) is 0 Å². The lowest BCUT2D eigenvalue weighted by Gasteiger charge is -2.03. The van der Waals surface area contributed by atoms with E-state index in [1.54, 1.807) is 12.1 Å². The van der Waals surface area contributed by atoms with E-state index in [-0.39, 0.29) is 5.82 Å². The van der Waals surface area contributed by atoms with Crippen molar-refractivity contribution in [3.63, 3.8) is 0 Å². The molecule has 2 heteroatoms. The van der Waals surface area contributed by atoms with Crippen molar-refractivity contribution in [3.05, 3.63) is 65.5 Å². The number of hydrogen-bond donors (Lipinski definition) is 0. The van der Waals surface area contributed by atoms with Crippen LogP contribution in [0, 0.1) is 17.7 Å². The molecule has 19 heavy (non-hydrogen) atoms. The average Bonchev–Trinajstić information content (AvgIpc) is 2.46. The summed E-state index contributed by atoms with van der Waals surface area (Å²) in [6, 6.07) is 13.8. The smallest absolute Gasteiger partial charge is 0.123 e. The Morgan fingerprint density at radius 1 is 0.895 bits per heavy atom. The number of halogens is 1. The van der Waals surface area contributed by atoms with Crippen molar-refractivity contribution in [1.29, 1.82) is 0 Å². The number of ether oxygens (including phenoxy) is 1. The number of benzene rings is 2. The highest BCUT2D eigenvalue weighted by Gasteiger charge is 1.93. The Kier molecular flexibility index (Phi) is 4.58. The van der Waals surface area contributed by atoms with Gasteiger partial charge in [0.05, 0.1) is 6.61 Å². The fraction of sp³-hybridized carbons (Fsp3) is 0.176. The topological polar surface area (TPSA) is 9.23 Å². The molecule has 0 saturated carbocycles. The van der Waals surface area contributed by atoms with Crippen LogP contribution in [0.1, 0.15) is 24.5 Å². The van der Waals surface area contributed by atoms with Gasteiger partial charge in [-0.05, 0) is 55.0 Å². The van der Waals surface area contributed by atoms with Gasteiger partial charge in [-0.1, -0.05) is 18.8 Å². The van der Waals surface area contributed by atoms with Gasteiger partial charge in [0, 0.05) is 11.1 Å². The van der Waals surface area contributed by atoms with Crippen LogP contribution in [0.4, 0.5) is 4.39 Å². The summed E-state index contributed by atoms with van der Waals surface area (Å²) in [6.07, 6.45) is 0.992. The Bertz CT molecular complexity index is 573. The van der Waals surface area contributed by atoms with Crippen LogP contribution in [0.3, 0.4) is 0 Å². The Labute approximate surface area is 113 Å². The van der Waals surface area contributed by atoms with Crippen molar-refractivity contribution in [3.8, 4) is 17.6 Å². The molecular formula is C17H15FO. The summed E-state index contributed by atoms with van der Waals surface area (Å²) in [7, 11) is 0. The van der Waals surface area contributed by atoms with Gasteiger partial charge >= 0.3 is 0 Å². The van der Waals surface area contributed by atoms with Gasteiger partial charge in [0.15, 0.2) is 0 Å². The molecule has 0 unspecified atom stereocenters. The fourth-order valence-electron chi connectivity index (χ4n) is 1.53. The van der Waals surface area contributed by atoms with Gasteiger partial charge in [-0.3, -0.25) is 0 Å². The molecular weight excluding hydrogens is 239 g/mol. The first kappa shape index (κ1) is 13.2. The quantitative estimate of drug-likeness (QED) is 0.752. The normalized spacial score (nSPS) is 9.58. The summed E-state index contributed by atoms with van der Waals surface area (Å²) < 4.78 is 18.2. The zero-order valence-corrected chi connectivity index (χ0v) is 10.8. The zero-order chi connectivity index (χ0) is 13.5. The molecule has 0 fully saturated rings. The molecule has 2 aromatic rings. The van der Waals surface area contributed by atoms with Crippen LogP contribution in [0.2, 0.25) is 0 Å². The minimum atomic E-state index is -0.247. The maximum Gasteiger partial charge on any atom is 0.123 e.